The Kier molecular flexibility index (Phi) is 8.58. The van der Waals surface area contributed by atoms with E-state index in [2.05, 4.69) is 16.7 Å². The number of nitrogens with one attached hydrogen (secondary N) is 2. The Labute approximate surface area is 249 Å². The Morgan fingerprint density at radius 1 is 1.10 bits per heavy atom. The standard InChI is InChI=1S/C29H25Cl2F3IN3O/c1-28(2,3)13-23-29(14-36,18-9-7-15(30)11-20(18)32)24(17-5-4-6-19(31)25(17)34)26(38-23)27(39)37-22-10-8-16(35)12-21(22)33/h4-12,23-24,26,38H,13H2,1-3H3,(H,37,39)/t23-,24-,26+,29-/m0/s1. The third kappa shape index (κ3) is 5.78. The molecule has 10 heteroatoms. The molecule has 1 heterocycles. The number of carbonyl (C=O) groups excluding carboxylic acids is 1. The van der Waals surface area contributed by atoms with Gasteiger partial charge in [0.15, 0.2) is 0 Å². The highest BCUT2D eigenvalue weighted by Gasteiger charge is 2.61. The van der Waals surface area contributed by atoms with Crippen molar-refractivity contribution in [2.45, 2.75) is 50.6 Å². The number of hydrogen-bond acceptors (Lipinski definition) is 3. The van der Waals surface area contributed by atoms with Crippen molar-refractivity contribution in [2.24, 2.45) is 5.41 Å². The number of carbonyl (C=O) groups is 1. The minimum Gasteiger partial charge on any atom is -0.322 e. The Morgan fingerprint density at radius 2 is 1.82 bits per heavy atom. The molecule has 3 aromatic carbocycles. The average Bonchev–Trinajstić information content (AvgIpc) is 3.15. The molecule has 1 saturated heterocycles. The topological polar surface area (TPSA) is 64.9 Å². The van der Waals surface area contributed by atoms with Crippen LogP contribution in [-0.4, -0.2) is 18.0 Å². The lowest BCUT2D eigenvalue weighted by molar-refractivity contribution is -0.118. The molecule has 4 nitrogen and oxygen atoms in total. The monoisotopic (exact) mass is 685 g/mol. The van der Waals surface area contributed by atoms with E-state index >= 15 is 8.78 Å². The quantitative estimate of drug-likeness (QED) is 0.268. The van der Waals surface area contributed by atoms with Gasteiger partial charge >= 0.3 is 0 Å². The molecule has 4 rings (SSSR count). The van der Waals surface area contributed by atoms with Crippen molar-refractivity contribution in [3.8, 4) is 6.07 Å². The highest BCUT2D eigenvalue weighted by atomic mass is 127. The van der Waals surface area contributed by atoms with Crippen LogP contribution in [0.25, 0.3) is 0 Å². The second-order valence-corrected chi connectivity index (χ2v) is 12.9. The molecule has 0 saturated carbocycles. The van der Waals surface area contributed by atoms with Gasteiger partial charge in [0, 0.05) is 26.1 Å². The highest BCUT2D eigenvalue weighted by molar-refractivity contribution is 14.1. The number of nitrogens with zero attached hydrogens (tertiary/aromatic N) is 1. The molecule has 1 aliphatic heterocycles. The van der Waals surface area contributed by atoms with Crippen LogP contribution in [0.5, 0.6) is 0 Å². The second kappa shape index (κ2) is 11.3. The molecule has 1 fully saturated rings. The van der Waals surface area contributed by atoms with Gasteiger partial charge in [-0.05, 0) is 76.4 Å². The maximum absolute atomic E-state index is 15.7. The smallest absolute Gasteiger partial charge is 0.242 e. The van der Waals surface area contributed by atoms with E-state index in [4.69, 9.17) is 23.2 Å². The summed E-state index contributed by atoms with van der Waals surface area (Å²) in [6.45, 7) is 5.83. The Bertz CT molecular complexity index is 1470. The summed E-state index contributed by atoms with van der Waals surface area (Å²) in [5.41, 5.74) is -2.29. The van der Waals surface area contributed by atoms with E-state index in [1.165, 1.54) is 42.5 Å². The van der Waals surface area contributed by atoms with Gasteiger partial charge < -0.3 is 10.6 Å². The van der Waals surface area contributed by atoms with Crippen LogP contribution in [0.4, 0.5) is 18.9 Å². The molecular weight excluding hydrogens is 661 g/mol. The maximum atomic E-state index is 15.7. The van der Waals surface area contributed by atoms with E-state index < -0.39 is 46.8 Å². The molecule has 39 heavy (non-hydrogen) atoms. The number of halogens is 6. The van der Waals surface area contributed by atoms with Crippen molar-refractivity contribution in [2.75, 3.05) is 5.32 Å². The SMILES string of the molecule is CC(C)(C)C[C@@H]1N[C@@H](C(=O)Nc2ccc(I)cc2F)[C@H](c2cccc(Cl)c2F)[C@@]1(C#N)c1ccc(Cl)cc1F. The highest BCUT2D eigenvalue weighted by Crippen LogP contribution is 2.52. The van der Waals surface area contributed by atoms with Gasteiger partial charge in [-0.25, -0.2) is 13.2 Å². The molecule has 3 aromatic rings. The van der Waals surface area contributed by atoms with Crippen molar-refractivity contribution in [1.29, 1.82) is 5.26 Å². The van der Waals surface area contributed by atoms with E-state index in [0.717, 1.165) is 6.07 Å². The molecule has 0 aromatic heterocycles. The normalized spacial score (nSPS) is 22.9. The summed E-state index contributed by atoms with van der Waals surface area (Å²) in [7, 11) is 0. The van der Waals surface area contributed by atoms with E-state index in [9.17, 15) is 14.4 Å². The van der Waals surface area contributed by atoms with Crippen LogP contribution in [0.3, 0.4) is 0 Å². The average molecular weight is 686 g/mol. The fraction of sp³-hybridized carbons (Fsp3) is 0.310. The van der Waals surface area contributed by atoms with E-state index in [0.29, 0.717) is 9.99 Å². The zero-order valence-corrected chi connectivity index (χ0v) is 24.9. The van der Waals surface area contributed by atoms with Crippen molar-refractivity contribution >= 4 is 57.4 Å². The molecule has 0 aliphatic carbocycles. The van der Waals surface area contributed by atoms with Gasteiger partial charge in [0.1, 0.15) is 22.9 Å². The molecule has 4 atom stereocenters. The van der Waals surface area contributed by atoms with Crippen LogP contribution in [0, 0.1) is 37.8 Å². The fourth-order valence-electron chi connectivity index (χ4n) is 5.36. The van der Waals surface area contributed by atoms with E-state index in [1.54, 1.807) is 6.07 Å². The van der Waals surface area contributed by atoms with Gasteiger partial charge in [0.2, 0.25) is 5.91 Å². The first kappa shape index (κ1) is 29.7. The summed E-state index contributed by atoms with van der Waals surface area (Å²) in [5.74, 6) is -4.18. The lowest BCUT2D eigenvalue weighted by Crippen LogP contribution is -2.45. The first-order valence-corrected chi connectivity index (χ1v) is 13.9. The number of nitriles is 1. The minimum atomic E-state index is -1.76. The maximum Gasteiger partial charge on any atom is 0.242 e. The summed E-state index contributed by atoms with van der Waals surface area (Å²) in [6.07, 6.45) is 0.322. The number of anilines is 1. The zero-order chi connectivity index (χ0) is 28.7. The van der Waals surface area contributed by atoms with Crippen molar-refractivity contribution in [1.82, 2.24) is 5.32 Å². The lowest BCUT2D eigenvalue weighted by atomic mass is 9.62. The Morgan fingerprint density at radius 3 is 2.44 bits per heavy atom. The van der Waals surface area contributed by atoms with Crippen molar-refractivity contribution < 1.29 is 18.0 Å². The molecular formula is C29H25Cl2F3IN3O. The van der Waals surface area contributed by atoms with E-state index in [1.807, 2.05) is 43.4 Å². The lowest BCUT2D eigenvalue weighted by Gasteiger charge is -2.37. The molecule has 0 radical (unpaired) electrons. The summed E-state index contributed by atoms with van der Waals surface area (Å²) in [6, 6.07) is 12.7. The number of rotatable bonds is 5. The molecule has 204 valence electrons. The Hall–Kier alpha value is -2.32. The van der Waals surface area contributed by atoms with Gasteiger partial charge in [-0.1, -0.05) is 62.2 Å². The van der Waals surface area contributed by atoms with Crippen LogP contribution in [0.15, 0.2) is 54.6 Å². The largest absolute Gasteiger partial charge is 0.322 e. The van der Waals surface area contributed by atoms with Gasteiger partial charge in [-0.3, -0.25) is 4.79 Å². The molecule has 0 spiro atoms. The zero-order valence-electron chi connectivity index (χ0n) is 21.3. The third-order valence-corrected chi connectivity index (χ3v) is 8.12. The van der Waals surface area contributed by atoms with Gasteiger partial charge in [0.25, 0.3) is 0 Å². The second-order valence-electron chi connectivity index (χ2n) is 10.8. The number of amides is 1. The van der Waals surface area contributed by atoms with Gasteiger partial charge in [0.05, 0.1) is 22.8 Å². The third-order valence-electron chi connectivity index (χ3n) is 6.92. The molecule has 2 N–H and O–H groups in total. The summed E-state index contributed by atoms with van der Waals surface area (Å²) < 4.78 is 46.6. The first-order chi connectivity index (χ1) is 18.3. The summed E-state index contributed by atoms with van der Waals surface area (Å²) in [4.78, 5) is 13.8. The predicted molar refractivity (Wildman–Crippen MR) is 155 cm³/mol. The Balaban J connectivity index is 1.97. The fourth-order valence-corrected chi connectivity index (χ4v) is 6.15. The molecule has 0 unspecified atom stereocenters. The van der Waals surface area contributed by atoms with E-state index in [-0.39, 0.29) is 32.3 Å². The van der Waals surface area contributed by atoms with Gasteiger partial charge in [-0.2, -0.15) is 5.26 Å². The summed E-state index contributed by atoms with van der Waals surface area (Å²) >= 11 is 14.1. The van der Waals surface area contributed by atoms with Crippen LogP contribution in [0.2, 0.25) is 10.0 Å². The van der Waals surface area contributed by atoms with Crippen LogP contribution in [-0.2, 0) is 10.2 Å². The predicted octanol–water partition coefficient (Wildman–Crippen LogP) is 7.98. The molecule has 1 aliphatic rings. The van der Waals surface area contributed by atoms with Crippen molar-refractivity contribution in [3.63, 3.8) is 0 Å². The van der Waals surface area contributed by atoms with Gasteiger partial charge in [-0.15, -0.1) is 0 Å². The number of hydrogen-bond donors (Lipinski definition) is 2. The van der Waals surface area contributed by atoms with Crippen LogP contribution in [0.1, 0.15) is 44.2 Å². The first-order valence-electron chi connectivity index (χ1n) is 12.1. The minimum absolute atomic E-state index is 0.0312. The van der Waals surface area contributed by atoms with Crippen molar-refractivity contribution in [3.05, 3.63) is 96.8 Å². The molecule has 1 amide bonds. The van der Waals surface area contributed by atoms with Crippen LogP contribution < -0.4 is 10.6 Å². The summed E-state index contributed by atoms with van der Waals surface area (Å²) in [5, 5.41) is 16.5. The van der Waals surface area contributed by atoms with Crippen LogP contribution >= 0.6 is 45.8 Å². The molecule has 0 bridgehead atoms. The number of benzene rings is 3.